The van der Waals surface area contributed by atoms with E-state index in [1.807, 2.05) is 25.1 Å². The monoisotopic (exact) mass is 494 g/mol. The van der Waals surface area contributed by atoms with Gasteiger partial charge in [-0.05, 0) is 61.6 Å². The first-order chi connectivity index (χ1) is 17.4. The molecule has 9 nitrogen and oxygen atoms in total. The fourth-order valence-electron chi connectivity index (χ4n) is 5.88. The molecule has 36 heavy (non-hydrogen) atoms. The maximum absolute atomic E-state index is 13.5. The number of benzene rings is 1. The lowest BCUT2D eigenvalue weighted by Crippen LogP contribution is -2.49. The molecule has 1 atom stereocenters. The van der Waals surface area contributed by atoms with Crippen molar-refractivity contribution in [1.29, 1.82) is 0 Å². The number of rotatable bonds is 6. The van der Waals surface area contributed by atoms with Gasteiger partial charge in [0.25, 0.3) is 5.91 Å². The number of carbonyl (C=O) groups is 3. The van der Waals surface area contributed by atoms with Crippen LogP contribution < -0.4 is 16.0 Å². The van der Waals surface area contributed by atoms with E-state index in [0.717, 1.165) is 36.9 Å². The van der Waals surface area contributed by atoms with Crippen LogP contribution in [-0.4, -0.2) is 42.1 Å². The van der Waals surface area contributed by atoms with Gasteiger partial charge in [-0.2, -0.15) is 0 Å². The Morgan fingerprint density at radius 2 is 1.94 bits per heavy atom. The van der Waals surface area contributed by atoms with E-state index in [4.69, 9.17) is 9.26 Å². The predicted octanol–water partition coefficient (Wildman–Crippen LogP) is 3.80. The summed E-state index contributed by atoms with van der Waals surface area (Å²) >= 11 is 0. The van der Waals surface area contributed by atoms with Crippen molar-refractivity contribution in [3.63, 3.8) is 0 Å². The highest BCUT2D eigenvalue weighted by Gasteiger charge is 2.47. The Balaban J connectivity index is 1.35. The van der Waals surface area contributed by atoms with Crippen molar-refractivity contribution in [1.82, 2.24) is 10.5 Å². The van der Waals surface area contributed by atoms with Crippen LogP contribution in [0.1, 0.15) is 74.0 Å². The van der Waals surface area contributed by atoms with Gasteiger partial charge in [0, 0.05) is 24.6 Å². The SMILES string of the molecule is CCc1nocc1C(=O)N[C@H](C(=O)Nc1ccc2c(c1)NC(=O)C21CCOCC1)C1CCC(C)CC1. The number of aromatic nitrogens is 1. The maximum Gasteiger partial charge on any atom is 0.257 e. The highest BCUT2D eigenvalue weighted by atomic mass is 16.5. The zero-order valence-electron chi connectivity index (χ0n) is 20.9. The van der Waals surface area contributed by atoms with Crippen LogP contribution in [0.2, 0.25) is 0 Å². The fourth-order valence-corrected chi connectivity index (χ4v) is 5.88. The normalized spacial score (nSPS) is 23.6. The van der Waals surface area contributed by atoms with E-state index >= 15 is 0 Å². The first kappa shape index (κ1) is 24.5. The van der Waals surface area contributed by atoms with Gasteiger partial charge in [0.2, 0.25) is 11.8 Å². The van der Waals surface area contributed by atoms with E-state index in [2.05, 4.69) is 28.0 Å². The van der Waals surface area contributed by atoms with Gasteiger partial charge in [0.05, 0.1) is 11.1 Å². The number of nitrogens with zero attached hydrogens (tertiary/aromatic N) is 1. The number of fused-ring (bicyclic) bond motifs is 2. The van der Waals surface area contributed by atoms with Crippen LogP contribution in [0.4, 0.5) is 11.4 Å². The van der Waals surface area contributed by atoms with E-state index in [-0.39, 0.29) is 23.6 Å². The fraction of sp³-hybridized carbons (Fsp3) is 0.556. The number of hydrogen-bond donors (Lipinski definition) is 3. The minimum absolute atomic E-state index is 0.00816. The Labute approximate surface area is 210 Å². The molecule has 3 aliphatic rings. The van der Waals surface area contributed by atoms with Crippen molar-refractivity contribution >= 4 is 29.1 Å². The summed E-state index contributed by atoms with van der Waals surface area (Å²) < 4.78 is 10.5. The Morgan fingerprint density at radius 1 is 1.19 bits per heavy atom. The Hall–Kier alpha value is -3.20. The van der Waals surface area contributed by atoms with Crippen LogP contribution in [0.15, 0.2) is 29.0 Å². The topological polar surface area (TPSA) is 123 Å². The molecule has 1 aromatic carbocycles. The second kappa shape index (κ2) is 10.0. The number of anilines is 2. The van der Waals surface area contributed by atoms with Crippen LogP contribution in [0, 0.1) is 11.8 Å². The van der Waals surface area contributed by atoms with Crippen LogP contribution >= 0.6 is 0 Å². The summed E-state index contributed by atoms with van der Waals surface area (Å²) in [5.41, 5.74) is 2.65. The van der Waals surface area contributed by atoms with Gasteiger partial charge in [0.1, 0.15) is 17.9 Å². The van der Waals surface area contributed by atoms with E-state index in [9.17, 15) is 14.4 Å². The van der Waals surface area contributed by atoms with Crippen molar-refractivity contribution in [2.45, 2.75) is 70.3 Å². The molecule has 0 unspecified atom stereocenters. The third-order valence-corrected chi connectivity index (χ3v) is 8.16. The highest BCUT2D eigenvalue weighted by molar-refractivity contribution is 6.07. The van der Waals surface area contributed by atoms with Crippen LogP contribution in [0.25, 0.3) is 0 Å². The number of ether oxygens (including phenoxy) is 1. The molecule has 0 bridgehead atoms. The Bertz CT molecular complexity index is 1140. The molecule has 0 radical (unpaired) electrons. The lowest BCUT2D eigenvalue weighted by molar-refractivity contribution is -0.124. The third-order valence-electron chi connectivity index (χ3n) is 8.16. The van der Waals surface area contributed by atoms with Crippen molar-refractivity contribution in [2.24, 2.45) is 11.8 Å². The highest BCUT2D eigenvalue weighted by Crippen LogP contribution is 2.45. The van der Waals surface area contributed by atoms with E-state index in [1.165, 1.54) is 6.26 Å². The van der Waals surface area contributed by atoms with Gasteiger partial charge in [-0.1, -0.05) is 37.9 Å². The third kappa shape index (κ3) is 4.52. The van der Waals surface area contributed by atoms with Gasteiger partial charge in [-0.3, -0.25) is 14.4 Å². The van der Waals surface area contributed by atoms with Gasteiger partial charge >= 0.3 is 0 Å². The average molecular weight is 495 g/mol. The summed E-state index contributed by atoms with van der Waals surface area (Å²) in [7, 11) is 0. The second-order valence-corrected chi connectivity index (χ2v) is 10.4. The summed E-state index contributed by atoms with van der Waals surface area (Å²) in [4.78, 5) is 39.5. The summed E-state index contributed by atoms with van der Waals surface area (Å²) in [5.74, 6) is 0.0289. The molecule has 3 amide bonds. The molecule has 2 aromatic rings. The molecule has 9 heteroatoms. The first-order valence-electron chi connectivity index (χ1n) is 13.0. The van der Waals surface area contributed by atoms with Gasteiger partial charge in [-0.25, -0.2) is 0 Å². The molecule has 3 N–H and O–H groups in total. The molecule has 3 heterocycles. The molecule has 1 saturated carbocycles. The molecule has 192 valence electrons. The van der Waals surface area contributed by atoms with Gasteiger partial charge in [0.15, 0.2) is 0 Å². The smallest absolute Gasteiger partial charge is 0.257 e. The van der Waals surface area contributed by atoms with Crippen molar-refractivity contribution < 1.29 is 23.6 Å². The summed E-state index contributed by atoms with van der Waals surface area (Å²) in [6.45, 7) is 5.23. The van der Waals surface area contributed by atoms with Gasteiger partial charge in [-0.15, -0.1) is 0 Å². The zero-order chi connectivity index (χ0) is 25.3. The maximum atomic E-state index is 13.5. The average Bonchev–Trinajstić information content (AvgIpc) is 3.46. The largest absolute Gasteiger partial charge is 0.381 e. The van der Waals surface area contributed by atoms with Crippen LogP contribution in [-0.2, 0) is 26.2 Å². The quantitative estimate of drug-likeness (QED) is 0.561. The standard InChI is InChI=1S/C27H34N4O5/c1-3-21-19(15-36-31-21)24(32)30-23(17-6-4-16(2)5-7-17)25(33)28-18-8-9-20-22(14-18)29-26(34)27(20)10-12-35-13-11-27/h8-9,14-17,23H,3-7,10-13H2,1-2H3,(H,28,33)(H,29,34)(H,30,32)/t16?,17?,23-/m0/s1. The second-order valence-electron chi connectivity index (χ2n) is 10.4. The van der Waals surface area contributed by atoms with Crippen molar-refractivity contribution in [3.05, 3.63) is 41.3 Å². The van der Waals surface area contributed by atoms with Gasteiger partial charge < -0.3 is 25.2 Å². The minimum atomic E-state index is -0.686. The molecule has 1 spiro atoms. The lowest BCUT2D eigenvalue weighted by atomic mass is 9.75. The molecule has 2 aliphatic heterocycles. The number of nitrogens with one attached hydrogen (secondary N) is 3. The van der Waals surface area contributed by atoms with Crippen molar-refractivity contribution in [2.75, 3.05) is 23.8 Å². The summed E-state index contributed by atoms with van der Waals surface area (Å²) in [6.07, 6.45) is 6.97. The van der Waals surface area contributed by atoms with Crippen molar-refractivity contribution in [3.8, 4) is 0 Å². The summed E-state index contributed by atoms with van der Waals surface area (Å²) in [6, 6.07) is 4.89. The van der Waals surface area contributed by atoms with Crippen LogP contribution in [0.5, 0.6) is 0 Å². The molecular weight excluding hydrogens is 460 g/mol. The summed E-state index contributed by atoms with van der Waals surface area (Å²) in [5, 5.41) is 12.9. The number of carbonyl (C=O) groups excluding carboxylic acids is 3. The molecular formula is C27H34N4O5. The molecule has 1 aromatic heterocycles. The lowest BCUT2D eigenvalue weighted by Gasteiger charge is -2.32. The van der Waals surface area contributed by atoms with Crippen LogP contribution in [0.3, 0.4) is 0 Å². The first-order valence-corrected chi connectivity index (χ1v) is 13.0. The molecule has 1 aliphatic carbocycles. The predicted molar refractivity (Wildman–Crippen MR) is 134 cm³/mol. The minimum Gasteiger partial charge on any atom is -0.381 e. The Kier molecular flexibility index (Phi) is 6.83. The molecule has 5 rings (SSSR count). The number of amides is 3. The zero-order valence-corrected chi connectivity index (χ0v) is 20.9. The molecule has 2 fully saturated rings. The van der Waals surface area contributed by atoms with E-state index < -0.39 is 11.5 Å². The number of aryl methyl sites for hydroxylation is 1. The molecule has 1 saturated heterocycles. The Morgan fingerprint density at radius 3 is 2.67 bits per heavy atom. The number of hydrogen-bond acceptors (Lipinski definition) is 6. The van der Waals surface area contributed by atoms with E-state index in [1.54, 1.807) is 0 Å². The van der Waals surface area contributed by atoms with E-state index in [0.29, 0.717) is 55.3 Å².